The zero-order valence-corrected chi connectivity index (χ0v) is 10.0. The molecule has 0 aromatic carbocycles. The first-order valence-corrected chi connectivity index (χ1v) is 3.11. The molecule has 0 saturated heterocycles. The van der Waals surface area contributed by atoms with Gasteiger partial charge in [0, 0.05) is 0 Å². The number of carboxylic acid groups (broad SMARTS) is 1. The van der Waals surface area contributed by atoms with E-state index >= 15 is 0 Å². The normalized spacial score (nSPS) is 12.1. The van der Waals surface area contributed by atoms with E-state index in [1.807, 2.05) is 0 Å². The van der Waals surface area contributed by atoms with Crippen molar-refractivity contribution < 1.29 is 60.3 Å². The van der Waals surface area contributed by atoms with Crippen molar-refractivity contribution in [3.8, 4) is 0 Å². The molecule has 13 heavy (non-hydrogen) atoms. The van der Waals surface area contributed by atoms with Crippen molar-refractivity contribution >= 4 is 5.97 Å². The molecule has 0 bridgehead atoms. The molecule has 0 amide bonds. The van der Waals surface area contributed by atoms with Gasteiger partial charge in [0.25, 0.3) is 0 Å². The Kier molecular flexibility index (Phi) is 26.5. The first-order valence-electron chi connectivity index (χ1n) is 3.11. The average molecular weight is 206 g/mol. The summed E-state index contributed by atoms with van der Waals surface area (Å²) in [4.78, 5) is 9.45. The summed E-state index contributed by atoms with van der Waals surface area (Å²) < 4.78 is 0. The van der Waals surface area contributed by atoms with E-state index in [4.69, 9.17) is 20.4 Å². The molecule has 0 fully saturated rings. The third kappa shape index (κ3) is 32.9. The van der Waals surface area contributed by atoms with Crippen molar-refractivity contribution in [3.63, 3.8) is 0 Å². The standard InChI is InChI=1S/C3H6O3.C3H8O2.Na.H2O/c1-2(4)3(5)6;1-3(5)2-4;;/h2,4H,1H3,(H,5,6);3-5H,2H2,1H3;;1H2/q;;+1;/p-1. The van der Waals surface area contributed by atoms with Crippen LogP contribution in [0.15, 0.2) is 0 Å². The second-order valence-electron chi connectivity index (χ2n) is 2.05. The molecule has 2 unspecified atom stereocenters. The predicted molar refractivity (Wildman–Crippen MR) is 40.0 cm³/mol. The SMILES string of the molecule is CC(O)C(=O)O.CC(O)CO.[Na+].[OH-]. The molecule has 0 aromatic rings. The molecule has 0 saturated carbocycles. The van der Waals surface area contributed by atoms with E-state index in [0.29, 0.717) is 0 Å². The third-order valence-corrected chi connectivity index (χ3v) is 0.622. The maximum atomic E-state index is 9.45. The van der Waals surface area contributed by atoms with Crippen molar-refractivity contribution in [1.29, 1.82) is 0 Å². The van der Waals surface area contributed by atoms with Gasteiger partial charge in [0.05, 0.1) is 12.7 Å². The van der Waals surface area contributed by atoms with Gasteiger partial charge in [0.2, 0.25) is 0 Å². The predicted octanol–water partition coefficient (Wildman–Crippen LogP) is -4.36. The van der Waals surface area contributed by atoms with E-state index in [-0.39, 0.29) is 41.6 Å². The summed E-state index contributed by atoms with van der Waals surface area (Å²) >= 11 is 0. The van der Waals surface area contributed by atoms with Crippen LogP contribution in [-0.4, -0.2) is 50.7 Å². The van der Waals surface area contributed by atoms with Gasteiger partial charge in [-0.05, 0) is 13.8 Å². The van der Waals surface area contributed by atoms with Gasteiger partial charge in [-0.25, -0.2) is 4.79 Å². The number of rotatable bonds is 2. The van der Waals surface area contributed by atoms with Gasteiger partial charge in [-0.15, -0.1) is 0 Å². The van der Waals surface area contributed by atoms with Gasteiger partial charge < -0.3 is 25.9 Å². The Hall–Kier alpha value is 0.310. The zero-order chi connectivity index (χ0) is 9.44. The molecular formula is C6H15NaO6. The van der Waals surface area contributed by atoms with Crippen LogP contribution in [0.5, 0.6) is 0 Å². The van der Waals surface area contributed by atoms with E-state index < -0.39 is 18.2 Å². The minimum absolute atomic E-state index is 0. The van der Waals surface area contributed by atoms with E-state index in [2.05, 4.69) is 0 Å². The van der Waals surface area contributed by atoms with Crippen LogP contribution in [0.4, 0.5) is 0 Å². The molecular weight excluding hydrogens is 191 g/mol. The Bertz CT molecular complexity index is 105. The summed E-state index contributed by atoms with van der Waals surface area (Å²) in [5.41, 5.74) is 0. The van der Waals surface area contributed by atoms with Crippen LogP contribution in [0, 0.1) is 0 Å². The summed E-state index contributed by atoms with van der Waals surface area (Å²) in [5, 5.41) is 31.8. The van der Waals surface area contributed by atoms with Crippen LogP contribution < -0.4 is 29.6 Å². The minimum Gasteiger partial charge on any atom is -0.870 e. The van der Waals surface area contributed by atoms with Crippen molar-refractivity contribution in [1.82, 2.24) is 0 Å². The summed E-state index contributed by atoms with van der Waals surface area (Å²) in [7, 11) is 0. The van der Waals surface area contributed by atoms with Crippen LogP contribution in [-0.2, 0) is 4.79 Å². The molecule has 0 heterocycles. The Morgan fingerprint density at radius 1 is 1.31 bits per heavy atom. The fourth-order valence-electron chi connectivity index (χ4n) is 0. The first-order chi connectivity index (χ1) is 4.91. The molecule has 2 atom stereocenters. The van der Waals surface area contributed by atoms with Crippen LogP contribution in [0.3, 0.4) is 0 Å². The van der Waals surface area contributed by atoms with Gasteiger partial charge in [0.1, 0.15) is 6.10 Å². The van der Waals surface area contributed by atoms with E-state index in [0.717, 1.165) is 0 Å². The van der Waals surface area contributed by atoms with Crippen LogP contribution in [0.1, 0.15) is 13.8 Å². The van der Waals surface area contributed by atoms with Gasteiger partial charge in [-0.3, -0.25) is 0 Å². The quantitative estimate of drug-likeness (QED) is 0.338. The third-order valence-electron chi connectivity index (χ3n) is 0.622. The van der Waals surface area contributed by atoms with Gasteiger partial charge in [0.15, 0.2) is 0 Å². The summed E-state index contributed by atoms with van der Waals surface area (Å²) in [5.74, 6) is -1.19. The molecule has 0 radical (unpaired) electrons. The summed E-state index contributed by atoms with van der Waals surface area (Å²) in [6.07, 6.45) is -1.79. The fraction of sp³-hybridized carbons (Fsp3) is 0.833. The number of aliphatic carboxylic acids is 1. The second kappa shape index (κ2) is 14.8. The van der Waals surface area contributed by atoms with Crippen molar-refractivity contribution in [2.45, 2.75) is 26.1 Å². The van der Waals surface area contributed by atoms with Crippen molar-refractivity contribution in [2.75, 3.05) is 6.61 Å². The smallest absolute Gasteiger partial charge is 0.870 e. The second-order valence-corrected chi connectivity index (χ2v) is 2.05. The largest absolute Gasteiger partial charge is 1.00 e. The summed E-state index contributed by atoms with van der Waals surface area (Å²) in [6.45, 7) is 2.59. The number of aliphatic hydroxyl groups excluding tert-OH is 3. The maximum Gasteiger partial charge on any atom is 1.00 e. The van der Waals surface area contributed by atoms with Crippen molar-refractivity contribution in [2.24, 2.45) is 0 Å². The Labute approximate surface area is 98.8 Å². The fourth-order valence-corrected chi connectivity index (χ4v) is 0. The van der Waals surface area contributed by atoms with Crippen LogP contribution in [0.25, 0.3) is 0 Å². The van der Waals surface area contributed by atoms with Gasteiger partial charge in [-0.1, -0.05) is 0 Å². The van der Waals surface area contributed by atoms with E-state index in [1.54, 1.807) is 0 Å². The first kappa shape index (κ1) is 23.3. The molecule has 5 N–H and O–H groups in total. The van der Waals surface area contributed by atoms with Gasteiger partial charge >= 0.3 is 35.5 Å². The molecule has 0 spiro atoms. The monoisotopic (exact) mass is 206 g/mol. The topological polar surface area (TPSA) is 128 Å². The molecule has 0 aliphatic rings. The Morgan fingerprint density at radius 3 is 1.46 bits per heavy atom. The molecule has 7 heteroatoms. The molecule has 0 rings (SSSR count). The molecule has 0 aromatic heterocycles. The van der Waals surface area contributed by atoms with Crippen LogP contribution >= 0.6 is 0 Å². The number of hydrogen-bond donors (Lipinski definition) is 4. The van der Waals surface area contributed by atoms with E-state index in [9.17, 15) is 4.79 Å². The van der Waals surface area contributed by atoms with Crippen molar-refractivity contribution in [3.05, 3.63) is 0 Å². The molecule has 0 aliphatic heterocycles. The molecule has 6 nitrogen and oxygen atoms in total. The number of hydrogen-bond acceptors (Lipinski definition) is 5. The number of carboxylic acids is 1. The minimum atomic E-state index is -1.23. The molecule has 76 valence electrons. The summed E-state index contributed by atoms with van der Waals surface area (Å²) in [6, 6.07) is 0. The zero-order valence-electron chi connectivity index (χ0n) is 8.01. The average Bonchev–Trinajstić information content (AvgIpc) is 1.89. The maximum absolute atomic E-state index is 9.45. The number of carbonyl (C=O) groups is 1. The molecule has 0 aliphatic carbocycles. The van der Waals surface area contributed by atoms with Gasteiger partial charge in [-0.2, -0.15) is 0 Å². The Balaban J connectivity index is -0.0000000546. The van der Waals surface area contributed by atoms with E-state index in [1.165, 1.54) is 13.8 Å². The number of aliphatic hydroxyl groups is 3. The Morgan fingerprint density at radius 2 is 1.46 bits per heavy atom. The van der Waals surface area contributed by atoms with Crippen LogP contribution in [0.2, 0.25) is 0 Å².